The van der Waals surface area contributed by atoms with Crippen molar-refractivity contribution in [1.82, 2.24) is 20.0 Å². The maximum absolute atomic E-state index is 13.1. The Morgan fingerprint density at radius 1 is 1.35 bits per heavy atom. The summed E-state index contributed by atoms with van der Waals surface area (Å²) in [6.45, 7) is 5.11. The first-order valence-electron chi connectivity index (χ1n) is 9.44. The number of carbonyl (C=O) groups excluding carboxylic acids is 1. The van der Waals surface area contributed by atoms with Crippen molar-refractivity contribution in [1.29, 1.82) is 0 Å². The second kappa shape index (κ2) is 8.85. The van der Waals surface area contributed by atoms with Crippen LogP contribution in [0.2, 0.25) is 0 Å². The zero-order valence-corrected chi connectivity index (χ0v) is 15.6. The van der Waals surface area contributed by atoms with E-state index < -0.39 is 0 Å². The summed E-state index contributed by atoms with van der Waals surface area (Å²) in [5, 5.41) is 7.78. The third kappa shape index (κ3) is 4.25. The monoisotopic (exact) mass is 356 g/mol. The molecule has 2 aromatic rings. The highest BCUT2D eigenvalue weighted by Crippen LogP contribution is 2.24. The van der Waals surface area contributed by atoms with Crippen LogP contribution in [0.1, 0.15) is 36.7 Å². The van der Waals surface area contributed by atoms with Gasteiger partial charge in [-0.2, -0.15) is 5.10 Å². The van der Waals surface area contributed by atoms with E-state index in [-0.39, 0.29) is 5.91 Å². The minimum absolute atomic E-state index is 0.0356. The number of likely N-dealkylation sites (tertiary alicyclic amines) is 1. The number of amides is 1. The van der Waals surface area contributed by atoms with E-state index in [9.17, 15) is 4.79 Å². The van der Waals surface area contributed by atoms with E-state index in [0.29, 0.717) is 24.0 Å². The number of para-hydroxylation sites is 1. The minimum atomic E-state index is -0.0356. The van der Waals surface area contributed by atoms with Crippen LogP contribution in [0.4, 0.5) is 0 Å². The molecular weight excluding hydrogens is 328 g/mol. The Balaban J connectivity index is 1.84. The van der Waals surface area contributed by atoms with Crippen LogP contribution in [0.5, 0.6) is 5.75 Å². The van der Waals surface area contributed by atoms with Gasteiger partial charge in [-0.1, -0.05) is 25.1 Å². The number of ether oxygens (including phenoxy) is 1. The molecule has 1 unspecified atom stereocenters. The van der Waals surface area contributed by atoms with Crippen LogP contribution in [0.25, 0.3) is 5.69 Å². The largest absolute Gasteiger partial charge is 0.489 e. The smallest absolute Gasteiger partial charge is 0.278 e. The van der Waals surface area contributed by atoms with Crippen LogP contribution >= 0.6 is 0 Å². The third-order valence-electron chi connectivity index (χ3n) is 4.66. The van der Waals surface area contributed by atoms with Gasteiger partial charge >= 0.3 is 0 Å². The summed E-state index contributed by atoms with van der Waals surface area (Å²) in [7, 11) is 1.96. The van der Waals surface area contributed by atoms with E-state index in [1.165, 1.54) is 0 Å². The van der Waals surface area contributed by atoms with E-state index in [1.54, 1.807) is 4.68 Å². The van der Waals surface area contributed by atoms with Crippen molar-refractivity contribution in [2.75, 3.05) is 33.3 Å². The lowest BCUT2D eigenvalue weighted by Gasteiger charge is -2.32. The summed E-state index contributed by atoms with van der Waals surface area (Å²) in [5.74, 6) is 1.02. The third-order valence-corrected chi connectivity index (χ3v) is 4.66. The quantitative estimate of drug-likeness (QED) is 0.829. The number of hydrogen-bond donors (Lipinski definition) is 1. The van der Waals surface area contributed by atoms with Crippen LogP contribution in [0.15, 0.2) is 36.5 Å². The predicted molar refractivity (Wildman–Crippen MR) is 102 cm³/mol. The molecular formula is C20H28N4O2. The van der Waals surface area contributed by atoms with E-state index in [4.69, 9.17) is 4.74 Å². The highest BCUT2D eigenvalue weighted by Gasteiger charge is 2.28. The Morgan fingerprint density at radius 2 is 2.15 bits per heavy atom. The molecule has 1 atom stereocenters. The van der Waals surface area contributed by atoms with E-state index >= 15 is 0 Å². The van der Waals surface area contributed by atoms with Gasteiger partial charge in [0.05, 0.1) is 18.5 Å². The van der Waals surface area contributed by atoms with Crippen molar-refractivity contribution in [2.24, 2.45) is 5.92 Å². The lowest BCUT2D eigenvalue weighted by Crippen LogP contribution is -2.42. The van der Waals surface area contributed by atoms with Crippen LogP contribution in [0.3, 0.4) is 0 Å². The molecule has 1 fully saturated rings. The Kier molecular flexibility index (Phi) is 6.28. The summed E-state index contributed by atoms with van der Waals surface area (Å²) < 4.78 is 7.56. The number of carbonyl (C=O) groups is 1. The van der Waals surface area contributed by atoms with E-state index in [0.717, 1.165) is 44.6 Å². The molecule has 6 nitrogen and oxygen atoms in total. The Hall–Kier alpha value is -2.34. The fourth-order valence-corrected chi connectivity index (χ4v) is 3.39. The van der Waals surface area contributed by atoms with Crippen molar-refractivity contribution in [3.63, 3.8) is 0 Å². The minimum Gasteiger partial charge on any atom is -0.489 e. The number of nitrogens with zero attached hydrogens (tertiary/aromatic N) is 3. The number of aromatic nitrogens is 2. The lowest BCUT2D eigenvalue weighted by molar-refractivity contribution is 0.0663. The molecule has 1 aliphatic rings. The van der Waals surface area contributed by atoms with E-state index in [1.807, 2.05) is 48.5 Å². The first kappa shape index (κ1) is 18.5. The summed E-state index contributed by atoms with van der Waals surface area (Å²) >= 11 is 0. The molecule has 1 amide bonds. The first-order chi connectivity index (χ1) is 12.7. The number of hydrogen-bond acceptors (Lipinski definition) is 4. The standard InChI is InChI=1S/C20H28N4O2/c1-3-12-26-18-15-24(17-9-5-4-6-10-17)22-19(18)20(25)23-11-7-8-16(14-23)13-21-2/h4-6,9-10,15-16,21H,3,7-8,11-14H2,1-2H3. The second-order valence-corrected chi connectivity index (χ2v) is 6.79. The molecule has 1 saturated heterocycles. The van der Waals surface area contributed by atoms with E-state index in [2.05, 4.69) is 17.3 Å². The van der Waals surface area contributed by atoms with Crippen LogP contribution in [-0.2, 0) is 0 Å². The fourth-order valence-electron chi connectivity index (χ4n) is 3.39. The van der Waals surface area contributed by atoms with Gasteiger partial charge in [0.15, 0.2) is 11.4 Å². The van der Waals surface area contributed by atoms with Crippen molar-refractivity contribution >= 4 is 5.91 Å². The molecule has 1 aromatic heterocycles. The van der Waals surface area contributed by atoms with Gasteiger partial charge in [-0.25, -0.2) is 4.68 Å². The van der Waals surface area contributed by atoms with Crippen molar-refractivity contribution in [3.8, 4) is 11.4 Å². The lowest BCUT2D eigenvalue weighted by atomic mass is 9.98. The fraction of sp³-hybridized carbons (Fsp3) is 0.500. The first-order valence-corrected chi connectivity index (χ1v) is 9.44. The van der Waals surface area contributed by atoms with Gasteiger partial charge in [-0.05, 0) is 50.9 Å². The van der Waals surface area contributed by atoms with Crippen molar-refractivity contribution < 1.29 is 9.53 Å². The maximum Gasteiger partial charge on any atom is 0.278 e. The zero-order valence-electron chi connectivity index (χ0n) is 15.6. The van der Waals surface area contributed by atoms with Gasteiger partial charge in [0.1, 0.15) is 0 Å². The average molecular weight is 356 g/mol. The molecule has 1 aromatic carbocycles. The number of benzene rings is 1. The highest BCUT2D eigenvalue weighted by atomic mass is 16.5. The molecule has 0 bridgehead atoms. The molecule has 0 radical (unpaired) electrons. The molecule has 0 spiro atoms. The normalized spacial score (nSPS) is 17.3. The summed E-state index contributed by atoms with van der Waals surface area (Å²) in [6.07, 6.45) is 4.89. The second-order valence-electron chi connectivity index (χ2n) is 6.79. The Labute approximate surface area is 155 Å². The molecule has 0 saturated carbocycles. The zero-order chi connectivity index (χ0) is 18.4. The van der Waals surface area contributed by atoms with Gasteiger partial charge in [-0.3, -0.25) is 4.79 Å². The maximum atomic E-state index is 13.1. The van der Waals surface area contributed by atoms with Crippen LogP contribution < -0.4 is 10.1 Å². The van der Waals surface area contributed by atoms with Crippen LogP contribution in [-0.4, -0.2) is 53.9 Å². The van der Waals surface area contributed by atoms with Crippen molar-refractivity contribution in [3.05, 3.63) is 42.2 Å². The van der Waals surface area contributed by atoms with Gasteiger partial charge in [0.25, 0.3) is 5.91 Å². The molecule has 3 rings (SSSR count). The summed E-state index contributed by atoms with van der Waals surface area (Å²) in [5.41, 5.74) is 1.33. The predicted octanol–water partition coefficient (Wildman–Crippen LogP) is 2.73. The number of piperidine rings is 1. The van der Waals surface area contributed by atoms with Gasteiger partial charge in [-0.15, -0.1) is 0 Å². The highest BCUT2D eigenvalue weighted by molar-refractivity contribution is 5.95. The molecule has 2 heterocycles. The van der Waals surface area contributed by atoms with Gasteiger partial charge in [0.2, 0.25) is 0 Å². The summed E-state index contributed by atoms with van der Waals surface area (Å²) in [6, 6.07) is 9.81. The molecule has 6 heteroatoms. The topological polar surface area (TPSA) is 59.4 Å². The Morgan fingerprint density at radius 3 is 2.88 bits per heavy atom. The average Bonchev–Trinajstić information content (AvgIpc) is 3.11. The van der Waals surface area contributed by atoms with Crippen LogP contribution in [0, 0.1) is 5.92 Å². The Bertz CT molecular complexity index is 712. The molecule has 1 N–H and O–H groups in total. The van der Waals surface area contributed by atoms with Gasteiger partial charge < -0.3 is 15.0 Å². The molecule has 140 valence electrons. The molecule has 1 aliphatic heterocycles. The van der Waals surface area contributed by atoms with Crippen molar-refractivity contribution in [2.45, 2.75) is 26.2 Å². The van der Waals surface area contributed by atoms with Gasteiger partial charge in [0, 0.05) is 13.1 Å². The number of rotatable bonds is 7. The molecule has 26 heavy (non-hydrogen) atoms. The number of nitrogens with one attached hydrogen (secondary N) is 1. The summed E-state index contributed by atoms with van der Waals surface area (Å²) in [4.78, 5) is 15.0. The molecule has 0 aliphatic carbocycles. The SMILES string of the molecule is CCCOc1cn(-c2ccccc2)nc1C(=O)N1CCCC(CNC)C1.